The van der Waals surface area contributed by atoms with Gasteiger partial charge in [0.25, 0.3) is 0 Å². The lowest BCUT2D eigenvalue weighted by Crippen LogP contribution is -2.50. The maximum atomic E-state index is 11.8. The van der Waals surface area contributed by atoms with Gasteiger partial charge in [-0.05, 0) is 18.9 Å². The molecule has 2 N–H and O–H groups in total. The van der Waals surface area contributed by atoms with Gasteiger partial charge < -0.3 is 10.6 Å². The maximum Gasteiger partial charge on any atom is 0.222 e. The topological polar surface area (TPSA) is 71.8 Å². The molecular weight excluding hydrogens is 218 g/mol. The van der Waals surface area contributed by atoms with Crippen molar-refractivity contribution in [3.8, 4) is 0 Å². The van der Waals surface area contributed by atoms with Crippen molar-refractivity contribution in [3.63, 3.8) is 0 Å². The summed E-state index contributed by atoms with van der Waals surface area (Å²) in [5.74, 6) is 0.632. The molecule has 2 rings (SSSR count). The Bertz CT molecular complexity index is 351. The molecule has 6 nitrogen and oxygen atoms in total. The lowest BCUT2D eigenvalue weighted by molar-refractivity contribution is -0.122. The standard InChI is InChI=1S/C11H19N5O/c1-9-2-4-12-6-10(9)15-11(17)3-5-16-8-13-7-14-16/h7-10,12H,2-6H2,1H3,(H,15,17). The van der Waals surface area contributed by atoms with Crippen LogP contribution in [0.4, 0.5) is 0 Å². The molecule has 0 saturated carbocycles. The zero-order chi connectivity index (χ0) is 12.1. The third-order valence-electron chi connectivity index (χ3n) is 3.21. The number of hydrogen-bond donors (Lipinski definition) is 2. The summed E-state index contributed by atoms with van der Waals surface area (Å²) in [6.07, 6.45) is 4.67. The van der Waals surface area contributed by atoms with Gasteiger partial charge >= 0.3 is 0 Å². The summed E-state index contributed by atoms with van der Waals surface area (Å²) in [4.78, 5) is 15.6. The van der Waals surface area contributed by atoms with Gasteiger partial charge in [-0.2, -0.15) is 5.10 Å². The van der Waals surface area contributed by atoms with E-state index in [9.17, 15) is 4.79 Å². The Hall–Kier alpha value is -1.43. The fourth-order valence-electron chi connectivity index (χ4n) is 2.03. The molecule has 0 bridgehead atoms. The molecule has 1 aliphatic rings. The zero-order valence-corrected chi connectivity index (χ0v) is 10.1. The van der Waals surface area contributed by atoms with Gasteiger partial charge in [-0.1, -0.05) is 6.92 Å². The Morgan fingerprint density at radius 3 is 3.24 bits per heavy atom. The molecule has 1 saturated heterocycles. The predicted octanol–water partition coefficient (Wildman–Crippen LogP) is -0.218. The van der Waals surface area contributed by atoms with Crippen LogP contribution in [-0.2, 0) is 11.3 Å². The Morgan fingerprint density at radius 2 is 2.53 bits per heavy atom. The van der Waals surface area contributed by atoms with E-state index in [0.717, 1.165) is 19.5 Å². The molecule has 17 heavy (non-hydrogen) atoms. The molecule has 0 spiro atoms. The van der Waals surface area contributed by atoms with Crippen LogP contribution in [-0.4, -0.2) is 39.8 Å². The quantitative estimate of drug-likeness (QED) is 0.759. The number of amides is 1. The zero-order valence-electron chi connectivity index (χ0n) is 10.1. The molecule has 2 heterocycles. The van der Waals surface area contributed by atoms with E-state index in [4.69, 9.17) is 0 Å². The van der Waals surface area contributed by atoms with Crippen LogP contribution >= 0.6 is 0 Å². The summed E-state index contributed by atoms with van der Waals surface area (Å²) in [5.41, 5.74) is 0. The molecule has 94 valence electrons. The maximum absolute atomic E-state index is 11.8. The van der Waals surface area contributed by atoms with Gasteiger partial charge in [0.2, 0.25) is 5.91 Å². The second-order valence-electron chi connectivity index (χ2n) is 4.55. The van der Waals surface area contributed by atoms with Crippen LogP contribution in [0.1, 0.15) is 19.8 Å². The van der Waals surface area contributed by atoms with E-state index in [1.807, 2.05) is 0 Å². The minimum atomic E-state index is 0.0843. The number of piperidine rings is 1. The van der Waals surface area contributed by atoms with E-state index in [2.05, 4.69) is 27.6 Å². The van der Waals surface area contributed by atoms with E-state index >= 15 is 0 Å². The van der Waals surface area contributed by atoms with Crippen LogP contribution in [0.3, 0.4) is 0 Å². The van der Waals surface area contributed by atoms with Crippen LogP contribution in [0.5, 0.6) is 0 Å². The highest BCUT2D eigenvalue weighted by Gasteiger charge is 2.22. The van der Waals surface area contributed by atoms with E-state index in [0.29, 0.717) is 18.9 Å². The molecule has 1 fully saturated rings. The van der Waals surface area contributed by atoms with Gasteiger partial charge in [0.05, 0.1) is 6.54 Å². The van der Waals surface area contributed by atoms with Crippen molar-refractivity contribution in [2.45, 2.75) is 32.4 Å². The van der Waals surface area contributed by atoms with Gasteiger partial charge in [0.15, 0.2) is 0 Å². The number of aromatic nitrogens is 3. The number of hydrogen-bond acceptors (Lipinski definition) is 4. The van der Waals surface area contributed by atoms with Crippen LogP contribution in [0.2, 0.25) is 0 Å². The van der Waals surface area contributed by atoms with E-state index in [1.54, 1.807) is 11.0 Å². The van der Waals surface area contributed by atoms with E-state index < -0.39 is 0 Å². The number of carbonyl (C=O) groups is 1. The second-order valence-corrected chi connectivity index (χ2v) is 4.55. The first kappa shape index (κ1) is 12.0. The Kier molecular flexibility index (Phi) is 4.08. The summed E-state index contributed by atoms with van der Waals surface area (Å²) >= 11 is 0. The summed E-state index contributed by atoms with van der Waals surface area (Å²) in [7, 11) is 0. The van der Waals surface area contributed by atoms with E-state index in [1.165, 1.54) is 6.33 Å². The SMILES string of the molecule is CC1CCNCC1NC(=O)CCn1cncn1. The second kappa shape index (κ2) is 5.77. The van der Waals surface area contributed by atoms with E-state index in [-0.39, 0.29) is 11.9 Å². The van der Waals surface area contributed by atoms with Crippen molar-refractivity contribution in [2.75, 3.05) is 13.1 Å². The summed E-state index contributed by atoms with van der Waals surface area (Å²) < 4.78 is 1.67. The van der Waals surface area contributed by atoms with Gasteiger partial charge in [-0.3, -0.25) is 9.48 Å². The van der Waals surface area contributed by atoms with Gasteiger partial charge in [-0.15, -0.1) is 0 Å². The summed E-state index contributed by atoms with van der Waals surface area (Å²) in [6.45, 7) is 4.69. The third-order valence-corrected chi connectivity index (χ3v) is 3.21. The van der Waals surface area contributed by atoms with Crippen LogP contribution in [0.25, 0.3) is 0 Å². The highest BCUT2D eigenvalue weighted by Crippen LogP contribution is 2.11. The summed E-state index contributed by atoms with van der Waals surface area (Å²) in [5, 5.41) is 10.3. The van der Waals surface area contributed by atoms with Crippen molar-refractivity contribution >= 4 is 5.91 Å². The van der Waals surface area contributed by atoms with Crippen LogP contribution in [0, 0.1) is 5.92 Å². The number of aryl methyl sites for hydroxylation is 1. The first-order chi connectivity index (χ1) is 8.25. The van der Waals surface area contributed by atoms with Crippen molar-refractivity contribution in [3.05, 3.63) is 12.7 Å². The lowest BCUT2D eigenvalue weighted by Gasteiger charge is -2.30. The smallest absolute Gasteiger partial charge is 0.222 e. The molecule has 1 aliphatic heterocycles. The molecule has 6 heteroatoms. The highest BCUT2D eigenvalue weighted by molar-refractivity contribution is 5.76. The number of carbonyl (C=O) groups excluding carboxylic acids is 1. The number of nitrogens with zero attached hydrogens (tertiary/aromatic N) is 3. The number of nitrogens with one attached hydrogen (secondary N) is 2. The Labute approximate surface area is 101 Å². The van der Waals surface area contributed by atoms with Crippen molar-refractivity contribution in [2.24, 2.45) is 5.92 Å². The largest absolute Gasteiger partial charge is 0.352 e. The Morgan fingerprint density at radius 1 is 1.65 bits per heavy atom. The molecule has 0 radical (unpaired) electrons. The molecule has 0 aromatic carbocycles. The molecule has 0 aliphatic carbocycles. The predicted molar refractivity (Wildman–Crippen MR) is 63.2 cm³/mol. The van der Waals surface area contributed by atoms with Crippen molar-refractivity contribution < 1.29 is 4.79 Å². The first-order valence-corrected chi connectivity index (χ1v) is 6.08. The molecule has 2 atom stereocenters. The minimum Gasteiger partial charge on any atom is -0.352 e. The summed E-state index contributed by atoms with van der Waals surface area (Å²) in [6, 6.07) is 0.256. The fraction of sp³-hybridized carbons (Fsp3) is 0.727. The van der Waals surface area contributed by atoms with Gasteiger partial charge in [0.1, 0.15) is 12.7 Å². The number of rotatable bonds is 4. The molecule has 1 amide bonds. The van der Waals surface area contributed by atoms with Crippen molar-refractivity contribution in [1.82, 2.24) is 25.4 Å². The average Bonchev–Trinajstić information content (AvgIpc) is 2.82. The minimum absolute atomic E-state index is 0.0843. The van der Waals surface area contributed by atoms with Gasteiger partial charge in [0, 0.05) is 19.0 Å². The molecule has 1 aromatic heterocycles. The fourth-order valence-corrected chi connectivity index (χ4v) is 2.03. The van der Waals surface area contributed by atoms with Gasteiger partial charge in [-0.25, -0.2) is 4.98 Å². The van der Waals surface area contributed by atoms with Crippen LogP contribution in [0.15, 0.2) is 12.7 Å². The monoisotopic (exact) mass is 237 g/mol. The molecule has 1 aromatic rings. The Balaban J connectivity index is 1.73. The molecule has 2 unspecified atom stereocenters. The average molecular weight is 237 g/mol. The van der Waals surface area contributed by atoms with Crippen molar-refractivity contribution in [1.29, 1.82) is 0 Å². The first-order valence-electron chi connectivity index (χ1n) is 6.08. The van der Waals surface area contributed by atoms with Crippen LogP contribution < -0.4 is 10.6 Å². The lowest BCUT2D eigenvalue weighted by atomic mass is 9.95. The molecular formula is C11H19N5O. The normalized spacial score (nSPS) is 24.5. The highest BCUT2D eigenvalue weighted by atomic mass is 16.1. The third kappa shape index (κ3) is 3.52.